The third-order valence-corrected chi connectivity index (χ3v) is 6.16. The van der Waals surface area contributed by atoms with E-state index in [0.717, 1.165) is 22.9 Å². The van der Waals surface area contributed by atoms with Gasteiger partial charge in [0.2, 0.25) is 15.9 Å². The molecule has 1 aliphatic rings. The highest BCUT2D eigenvalue weighted by atomic mass is 32.2. The summed E-state index contributed by atoms with van der Waals surface area (Å²) in [6.07, 6.45) is 1.45. The van der Waals surface area contributed by atoms with Gasteiger partial charge in [-0.15, -0.1) is 0 Å². The van der Waals surface area contributed by atoms with Gasteiger partial charge in [0.05, 0.1) is 20.5 Å². The number of carbonyl (C=O) groups is 1. The minimum atomic E-state index is -3.56. The van der Waals surface area contributed by atoms with Gasteiger partial charge >= 0.3 is 0 Å². The fourth-order valence-electron chi connectivity index (χ4n) is 3.40. The number of benzene rings is 2. The highest BCUT2D eigenvalue weighted by molar-refractivity contribution is 7.88. The van der Waals surface area contributed by atoms with Crippen LogP contribution in [0.3, 0.4) is 0 Å². The highest BCUT2D eigenvalue weighted by Crippen LogP contribution is 2.33. The molecule has 1 N–H and O–H groups in total. The van der Waals surface area contributed by atoms with E-state index in [1.165, 1.54) is 11.4 Å². The number of carbonyl (C=O) groups excluding carboxylic acids is 1. The fourth-order valence-corrected chi connectivity index (χ4v) is 4.41. The summed E-state index contributed by atoms with van der Waals surface area (Å²) in [5.74, 6) is 0.662. The van der Waals surface area contributed by atoms with Gasteiger partial charge in [-0.25, -0.2) is 8.42 Å². The van der Waals surface area contributed by atoms with E-state index in [1.807, 2.05) is 31.2 Å². The lowest BCUT2D eigenvalue weighted by Gasteiger charge is -2.34. The van der Waals surface area contributed by atoms with Crippen molar-refractivity contribution in [2.45, 2.75) is 25.9 Å². The number of rotatable bonds is 5. The predicted octanol–water partition coefficient (Wildman–Crippen LogP) is 2.34. The number of ether oxygens (including phenoxy) is 2. The number of hydrogen-bond acceptors (Lipinski definition) is 5. The normalized spacial score (nSPS) is 16.9. The van der Waals surface area contributed by atoms with Crippen molar-refractivity contribution in [2.24, 2.45) is 0 Å². The number of anilines is 1. The second-order valence-corrected chi connectivity index (χ2v) is 8.74. The van der Waals surface area contributed by atoms with E-state index < -0.39 is 16.1 Å². The molecule has 0 unspecified atom stereocenters. The van der Waals surface area contributed by atoms with Crippen molar-refractivity contribution in [1.82, 2.24) is 4.31 Å². The number of nitrogens with zero attached hydrogens (tertiary/aromatic N) is 1. The molecule has 0 saturated heterocycles. The van der Waals surface area contributed by atoms with Crippen LogP contribution in [0.1, 0.15) is 16.7 Å². The van der Waals surface area contributed by atoms with E-state index in [2.05, 4.69) is 5.32 Å². The van der Waals surface area contributed by atoms with Crippen LogP contribution < -0.4 is 14.8 Å². The van der Waals surface area contributed by atoms with Crippen molar-refractivity contribution in [3.8, 4) is 11.5 Å². The van der Waals surface area contributed by atoms with Crippen molar-refractivity contribution in [2.75, 3.05) is 25.8 Å². The van der Waals surface area contributed by atoms with Gasteiger partial charge < -0.3 is 14.8 Å². The van der Waals surface area contributed by atoms with Crippen LogP contribution in [0.4, 0.5) is 5.69 Å². The maximum absolute atomic E-state index is 13.1. The van der Waals surface area contributed by atoms with Gasteiger partial charge in [0.25, 0.3) is 0 Å². The Bertz CT molecular complexity index is 1000. The summed E-state index contributed by atoms with van der Waals surface area (Å²) in [7, 11) is -0.504. The molecule has 1 aliphatic heterocycles. The molecule has 0 radical (unpaired) electrons. The van der Waals surface area contributed by atoms with Gasteiger partial charge in [-0.05, 0) is 36.1 Å². The first-order valence-corrected chi connectivity index (χ1v) is 10.7. The maximum atomic E-state index is 13.1. The van der Waals surface area contributed by atoms with Gasteiger partial charge in [0, 0.05) is 18.3 Å². The standard InChI is InChI=1S/C20H24N2O5S/c1-13-9-18(26-2)19(27-3)11-16(13)21-20(23)17-10-14-7-5-6-8-15(14)12-22(17)28(4,24)25/h5-9,11,17H,10,12H2,1-4H3,(H,21,23)/t17-/m0/s1. The molecular formula is C20H24N2O5S. The van der Waals surface area contributed by atoms with E-state index in [9.17, 15) is 13.2 Å². The van der Waals surface area contributed by atoms with Gasteiger partial charge in [-0.3, -0.25) is 4.79 Å². The van der Waals surface area contributed by atoms with Gasteiger partial charge in [0.15, 0.2) is 11.5 Å². The lowest BCUT2D eigenvalue weighted by molar-refractivity contribution is -0.120. The van der Waals surface area contributed by atoms with Crippen LogP contribution in [0.25, 0.3) is 0 Å². The average molecular weight is 404 g/mol. The third kappa shape index (κ3) is 3.98. The Morgan fingerprint density at radius 3 is 2.32 bits per heavy atom. The molecule has 8 heteroatoms. The second kappa shape index (κ2) is 7.81. The lowest BCUT2D eigenvalue weighted by Crippen LogP contribution is -2.50. The number of amides is 1. The minimum absolute atomic E-state index is 0.179. The van der Waals surface area contributed by atoms with Gasteiger partial charge in [0.1, 0.15) is 6.04 Å². The Kier molecular flexibility index (Phi) is 5.62. The molecule has 3 rings (SSSR count). The molecule has 1 amide bonds. The first-order chi connectivity index (χ1) is 13.2. The van der Waals surface area contributed by atoms with Crippen molar-refractivity contribution < 1.29 is 22.7 Å². The number of fused-ring (bicyclic) bond motifs is 1. The Balaban J connectivity index is 1.92. The van der Waals surface area contributed by atoms with E-state index in [0.29, 0.717) is 23.6 Å². The summed E-state index contributed by atoms with van der Waals surface area (Å²) in [4.78, 5) is 13.1. The van der Waals surface area contributed by atoms with E-state index in [-0.39, 0.29) is 12.5 Å². The summed E-state index contributed by atoms with van der Waals surface area (Å²) >= 11 is 0. The monoisotopic (exact) mass is 404 g/mol. The van der Waals surface area contributed by atoms with Crippen LogP contribution in [-0.4, -0.2) is 45.1 Å². The van der Waals surface area contributed by atoms with E-state index in [1.54, 1.807) is 19.2 Å². The lowest BCUT2D eigenvalue weighted by atomic mass is 9.95. The zero-order valence-electron chi connectivity index (χ0n) is 16.4. The Labute approximate surface area is 165 Å². The molecule has 7 nitrogen and oxygen atoms in total. The summed E-state index contributed by atoms with van der Waals surface area (Å²) in [5, 5.41) is 2.86. The van der Waals surface area contributed by atoms with E-state index in [4.69, 9.17) is 9.47 Å². The SMILES string of the molecule is COc1cc(C)c(NC(=O)[C@@H]2Cc3ccccc3CN2S(C)(=O)=O)cc1OC. The number of sulfonamides is 1. The van der Waals surface area contributed by atoms with Crippen molar-refractivity contribution in [3.63, 3.8) is 0 Å². The quantitative estimate of drug-likeness (QED) is 0.827. The van der Waals surface area contributed by atoms with Gasteiger partial charge in [-0.2, -0.15) is 4.31 Å². The Morgan fingerprint density at radius 1 is 1.11 bits per heavy atom. The number of nitrogens with one attached hydrogen (secondary N) is 1. The number of hydrogen-bond donors (Lipinski definition) is 1. The molecule has 0 aliphatic carbocycles. The highest BCUT2D eigenvalue weighted by Gasteiger charge is 2.37. The summed E-state index contributed by atoms with van der Waals surface area (Å²) in [5.41, 5.74) is 3.23. The topological polar surface area (TPSA) is 84.9 Å². The zero-order valence-corrected chi connectivity index (χ0v) is 17.2. The molecule has 28 heavy (non-hydrogen) atoms. The van der Waals surface area contributed by atoms with Gasteiger partial charge in [-0.1, -0.05) is 24.3 Å². The van der Waals surface area contributed by atoms with Crippen LogP contribution in [0, 0.1) is 6.92 Å². The molecule has 0 aromatic heterocycles. The van der Waals surface area contributed by atoms with Crippen LogP contribution in [0.5, 0.6) is 11.5 Å². The number of methoxy groups -OCH3 is 2. The first-order valence-electron chi connectivity index (χ1n) is 8.81. The third-order valence-electron chi connectivity index (χ3n) is 4.92. The molecule has 1 heterocycles. The molecule has 1 atom stereocenters. The largest absolute Gasteiger partial charge is 0.493 e. The number of aryl methyl sites for hydroxylation is 1. The van der Waals surface area contributed by atoms with Crippen LogP contribution >= 0.6 is 0 Å². The van der Waals surface area contributed by atoms with Crippen molar-refractivity contribution >= 4 is 21.6 Å². The molecule has 2 aromatic carbocycles. The van der Waals surface area contributed by atoms with Crippen LogP contribution in [-0.2, 0) is 27.8 Å². The second-order valence-electron chi connectivity index (χ2n) is 6.81. The minimum Gasteiger partial charge on any atom is -0.493 e. The molecular weight excluding hydrogens is 380 g/mol. The Hall–Kier alpha value is -2.58. The first kappa shape index (κ1) is 20.2. The van der Waals surface area contributed by atoms with Crippen LogP contribution in [0.15, 0.2) is 36.4 Å². The summed E-state index contributed by atoms with van der Waals surface area (Å²) < 4.78 is 36.5. The van der Waals surface area contributed by atoms with Crippen molar-refractivity contribution in [3.05, 3.63) is 53.1 Å². The summed E-state index contributed by atoms with van der Waals surface area (Å²) in [6.45, 7) is 2.01. The maximum Gasteiger partial charge on any atom is 0.243 e. The average Bonchev–Trinajstić information content (AvgIpc) is 2.67. The molecule has 150 valence electrons. The molecule has 0 spiro atoms. The zero-order chi connectivity index (χ0) is 20.5. The molecule has 0 saturated carbocycles. The fraction of sp³-hybridized carbons (Fsp3) is 0.350. The summed E-state index contributed by atoms with van der Waals surface area (Å²) in [6, 6.07) is 10.2. The van der Waals surface area contributed by atoms with E-state index >= 15 is 0 Å². The molecule has 2 aromatic rings. The van der Waals surface area contributed by atoms with Crippen molar-refractivity contribution in [1.29, 1.82) is 0 Å². The molecule has 0 bridgehead atoms. The Morgan fingerprint density at radius 2 is 1.71 bits per heavy atom. The predicted molar refractivity (Wildman–Crippen MR) is 107 cm³/mol. The van der Waals surface area contributed by atoms with Crippen LogP contribution in [0.2, 0.25) is 0 Å². The smallest absolute Gasteiger partial charge is 0.243 e. The molecule has 0 fully saturated rings.